The first kappa shape index (κ1) is 18.4. The van der Waals surface area contributed by atoms with Crippen molar-refractivity contribution in [2.45, 2.75) is 77.2 Å². The van der Waals surface area contributed by atoms with Crippen LogP contribution in [0.25, 0.3) is 10.2 Å². The summed E-state index contributed by atoms with van der Waals surface area (Å²) >= 11 is 1.37. The molecule has 4 rings (SSSR count). The third-order valence-corrected chi connectivity index (χ3v) is 6.87. The van der Waals surface area contributed by atoms with E-state index >= 15 is 0 Å². The number of hydrogen-bond donors (Lipinski definition) is 1. The SMILES string of the molecule is CC1(C)Cc2c(sc3c2c(=O)n(C2CCCCC2)c(=O)n3CC(N)=O)CO1. The maximum Gasteiger partial charge on any atom is 0.332 e. The molecule has 2 aromatic heterocycles. The summed E-state index contributed by atoms with van der Waals surface area (Å²) < 4.78 is 8.66. The predicted octanol–water partition coefficient (Wildman–Crippen LogP) is 2.07. The molecule has 0 aromatic carbocycles. The zero-order valence-electron chi connectivity index (χ0n) is 15.7. The number of rotatable bonds is 3. The Morgan fingerprint density at radius 2 is 1.96 bits per heavy atom. The number of nitrogens with two attached hydrogens (primary N) is 1. The maximum absolute atomic E-state index is 13.4. The fraction of sp³-hybridized carbons (Fsp3) is 0.632. The van der Waals surface area contributed by atoms with Crippen molar-refractivity contribution in [1.29, 1.82) is 0 Å². The van der Waals surface area contributed by atoms with Gasteiger partial charge in [-0.05, 0) is 32.3 Å². The standard InChI is InChI=1S/C19H25N3O4S/c1-19(2)8-12-13(10-26-19)27-17-15(12)16(24)22(11-6-4-3-5-7-11)18(25)21(17)9-14(20)23/h11H,3-10H2,1-2H3,(H2,20,23). The van der Waals surface area contributed by atoms with E-state index in [9.17, 15) is 14.4 Å². The first-order chi connectivity index (χ1) is 12.8. The zero-order chi connectivity index (χ0) is 19.3. The minimum Gasteiger partial charge on any atom is -0.370 e. The van der Waals surface area contributed by atoms with Gasteiger partial charge in [-0.2, -0.15) is 0 Å². The molecule has 146 valence electrons. The lowest BCUT2D eigenvalue weighted by Gasteiger charge is -2.30. The first-order valence-corrected chi connectivity index (χ1v) is 10.3. The average Bonchev–Trinajstić information content (AvgIpc) is 2.97. The van der Waals surface area contributed by atoms with Crippen LogP contribution in [0.1, 0.15) is 62.4 Å². The van der Waals surface area contributed by atoms with E-state index in [2.05, 4.69) is 0 Å². The Morgan fingerprint density at radius 1 is 1.26 bits per heavy atom. The third-order valence-electron chi connectivity index (χ3n) is 5.64. The number of carbonyl (C=O) groups excluding carboxylic acids is 1. The molecule has 1 aliphatic heterocycles. The summed E-state index contributed by atoms with van der Waals surface area (Å²) in [7, 11) is 0. The number of fused-ring (bicyclic) bond motifs is 3. The second-order valence-electron chi connectivity index (χ2n) is 8.21. The molecular formula is C19H25N3O4S. The summed E-state index contributed by atoms with van der Waals surface area (Å²) in [5, 5.41) is 0.567. The summed E-state index contributed by atoms with van der Waals surface area (Å²) in [6.45, 7) is 4.19. The van der Waals surface area contributed by atoms with Crippen LogP contribution in [0.5, 0.6) is 0 Å². The Kier molecular flexibility index (Phi) is 4.50. The number of thiophene rings is 1. The minimum atomic E-state index is -0.588. The van der Waals surface area contributed by atoms with Gasteiger partial charge in [-0.25, -0.2) is 4.79 Å². The quantitative estimate of drug-likeness (QED) is 0.866. The number of primary amides is 1. The van der Waals surface area contributed by atoms with Gasteiger partial charge in [0.1, 0.15) is 11.4 Å². The number of aromatic nitrogens is 2. The van der Waals surface area contributed by atoms with Crippen molar-refractivity contribution in [2.75, 3.05) is 0 Å². The second kappa shape index (κ2) is 6.60. The number of carbonyl (C=O) groups is 1. The lowest BCUT2D eigenvalue weighted by atomic mass is 9.93. The van der Waals surface area contributed by atoms with E-state index in [0.29, 0.717) is 23.2 Å². The Balaban J connectivity index is 2.02. The van der Waals surface area contributed by atoms with Crippen molar-refractivity contribution in [1.82, 2.24) is 9.13 Å². The molecule has 27 heavy (non-hydrogen) atoms. The highest BCUT2D eigenvalue weighted by molar-refractivity contribution is 7.18. The van der Waals surface area contributed by atoms with Crippen LogP contribution < -0.4 is 17.0 Å². The summed E-state index contributed by atoms with van der Waals surface area (Å²) in [6, 6.07) is -0.106. The van der Waals surface area contributed by atoms with Gasteiger partial charge in [0.2, 0.25) is 5.91 Å². The molecule has 0 atom stereocenters. The highest BCUT2D eigenvalue weighted by atomic mass is 32.1. The Bertz CT molecular complexity index is 1020. The van der Waals surface area contributed by atoms with Crippen molar-refractivity contribution in [3.05, 3.63) is 31.3 Å². The molecule has 0 unspecified atom stereocenters. The summed E-state index contributed by atoms with van der Waals surface area (Å²) in [5.41, 5.74) is 5.36. The lowest BCUT2D eigenvalue weighted by molar-refractivity contribution is -0.118. The molecule has 1 fully saturated rings. The van der Waals surface area contributed by atoms with Crippen LogP contribution in [0.15, 0.2) is 9.59 Å². The van der Waals surface area contributed by atoms with Crippen LogP contribution in [-0.2, 0) is 29.1 Å². The maximum atomic E-state index is 13.4. The van der Waals surface area contributed by atoms with Crippen LogP contribution in [0, 0.1) is 0 Å². The Morgan fingerprint density at radius 3 is 2.63 bits per heavy atom. The van der Waals surface area contributed by atoms with E-state index in [1.54, 1.807) is 0 Å². The monoisotopic (exact) mass is 391 g/mol. The molecule has 8 heteroatoms. The number of amides is 1. The highest BCUT2D eigenvalue weighted by Crippen LogP contribution is 2.37. The third kappa shape index (κ3) is 3.14. The molecule has 0 saturated heterocycles. The fourth-order valence-corrected chi connectivity index (χ4v) is 5.54. The van der Waals surface area contributed by atoms with E-state index in [4.69, 9.17) is 10.5 Å². The number of nitrogens with zero attached hydrogens (tertiary/aromatic N) is 2. The highest BCUT2D eigenvalue weighted by Gasteiger charge is 2.33. The molecule has 2 aliphatic rings. The molecule has 0 bridgehead atoms. The second-order valence-corrected chi connectivity index (χ2v) is 9.29. The van der Waals surface area contributed by atoms with Crippen molar-refractivity contribution >= 4 is 27.5 Å². The van der Waals surface area contributed by atoms with E-state index in [0.717, 1.165) is 42.5 Å². The van der Waals surface area contributed by atoms with E-state index in [1.807, 2.05) is 13.8 Å². The average molecular weight is 391 g/mol. The van der Waals surface area contributed by atoms with Gasteiger partial charge in [-0.1, -0.05) is 19.3 Å². The van der Waals surface area contributed by atoms with E-state index in [1.165, 1.54) is 20.5 Å². The lowest BCUT2D eigenvalue weighted by Crippen LogP contribution is -2.44. The molecule has 2 N–H and O–H groups in total. The summed E-state index contributed by atoms with van der Waals surface area (Å²) in [6.07, 6.45) is 5.38. The van der Waals surface area contributed by atoms with Crippen LogP contribution in [0.4, 0.5) is 0 Å². The number of hydrogen-bond acceptors (Lipinski definition) is 5. The molecule has 2 aromatic rings. The van der Waals surface area contributed by atoms with Gasteiger partial charge in [0, 0.05) is 17.3 Å². The van der Waals surface area contributed by atoms with Crippen LogP contribution in [0.3, 0.4) is 0 Å². The van der Waals surface area contributed by atoms with Crippen LogP contribution in [0.2, 0.25) is 0 Å². The van der Waals surface area contributed by atoms with Crippen molar-refractivity contribution < 1.29 is 9.53 Å². The Labute approximate surface area is 160 Å². The van der Waals surface area contributed by atoms with Gasteiger partial charge in [0.25, 0.3) is 5.56 Å². The Hall–Kier alpha value is -1.93. The largest absolute Gasteiger partial charge is 0.370 e. The molecule has 0 spiro atoms. The van der Waals surface area contributed by atoms with Gasteiger partial charge < -0.3 is 10.5 Å². The predicted molar refractivity (Wildman–Crippen MR) is 104 cm³/mol. The van der Waals surface area contributed by atoms with Crippen molar-refractivity contribution in [3.8, 4) is 0 Å². The number of ether oxygens (including phenoxy) is 1. The molecule has 1 aliphatic carbocycles. The molecule has 3 heterocycles. The topological polar surface area (TPSA) is 96.3 Å². The molecule has 0 radical (unpaired) electrons. The van der Waals surface area contributed by atoms with Gasteiger partial charge in [0.15, 0.2) is 0 Å². The van der Waals surface area contributed by atoms with Gasteiger partial charge >= 0.3 is 5.69 Å². The van der Waals surface area contributed by atoms with Crippen molar-refractivity contribution in [3.63, 3.8) is 0 Å². The molecule has 7 nitrogen and oxygen atoms in total. The summed E-state index contributed by atoms with van der Waals surface area (Å²) in [5.74, 6) is -0.588. The van der Waals surface area contributed by atoms with Crippen LogP contribution >= 0.6 is 11.3 Å². The van der Waals surface area contributed by atoms with Gasteiger partial charge in [-0.15, -0.1) is 11.3 Å². The van der Waals surface area contributed by atoms with Crippen LogP contribution in [-0.4, -0.2) is 20.6 Å². The van der Waals surface area contributed by atoms with E-state index in [-0.39, 0.29) is 23.7 Å². The first-order valence-electron chi connectivity index (χ1n) is 9.50. The smallest absolute Gasteiger partial charge is 0.332 e. The minimum absolute atomic E-state index is 0.106. The summed E-state index contributed by atoms with van der Waals surface area (Å²) in [4.78, 5) is 39.7. The zero-order valence-corrected chi connectivity index (χ0v) is 16.6. The molecule has 1 amide bonds. The van der Waals surface area contributed by atoms with Gasteiger partial charge in [0.05, 0.1) is 17.6 Å². The van der Waals surface area contributed by atoms with Gasteiger partial charge in [-0.3, -0.25) is 18.7 Å². The van der Waals surface area contributed by atoms with Crippen molar-refractivity contribution in [2.24, 2.45) is 5.73 Å². The van der Waals surface area contributed by atoms with E-state index < -0.39 is 11.6 Å². The molecular weight excluding hydrogens is 366 g/mol. The normalized spacial score (nSPS) is 19.9. The fourth-order valence-electron chi connectivity index (χ4n) is 4.33. The molecule has 1 saturated carbocycles.